The minimum absolute atomic E-state index is 0.0224. The first-order valence-electron chi connectivity index (χ1n) is 13.4. The molecule has 0 aliphatic heterocycles. The first-order chi connectivity index (χ1) is 22.4. The number of ether oxygens (including phenoxy) is 3. The Morgan fingerprint density at radius 3 is 1.52 bits per heavy atom. The van der Waals surface area contributed by atoms with Gasteiger partial charge in [0.05, 0.1) is 53.8 Å². The number of carboxylic acid groups (broad SMARTS) is 2. The topological polar surface area (TPSA) is 290 Å². The minimum Gasteiger partial charge on any atom is -0.495 e. The van der Waals surface area contributed by atoms with Gasteiger partial charge in [-0.15, -0.1) is 0 Å². The molecule has 48 heavy (non-hydrogen) atoms. The van der Waals surface area contributed by atoms with Gasteiger partial charge in [0.15, 0.2) is 0 Å². The van der Waals surface area contributed by atoms with Crippen molar-refractivity contribution < 1.29 is 48.7 Å². The number of hydrogen-bond acceptors (Lipinski definition) is 14. The van der Waals surface area contributed by atoms with E-state index in [-0.39, 0.29) is 39.7 Å². The van der Waals surface area contributed by atoms with Crippen LogP contribution in [0, 0.1) is 20.2 Å². The molecule has 0 fully saturated rings. The molecule has 3 rings (SSSR count). The third kappa shape index (κ3) is 10.9. The molecular formula is C29H37N7O12. The molecule has 19 heteroatoms. The standard InChI is InChI=1S/C13H20N4O4.C8H8N2O5.C8H9NO3/c1-15(2)5-6-16(3)13(18)9-7-12(21-4)10(14)8-11(9)17(19)20;1-15-7-2-4(8(11)12)6(10(13)14)3-5(7)9;1-12-7-4-5(8(10)11)2-3-6(7)9/h7-8H,5-6,14H2,1-4H3;2-3H,9H2,1H3,(H,11,12);2-4H,9H2,1H3,(H,10,11). The summed E-state index contributed by atoms with van der Waals surface area (Å²) in [6, 6.07) is 8.76. The van der Waals surface area contributed by atoms with Crippen molar-refractivity contribution >= 4 is 46.3 Å². The zero-order chi connectivity index (χ0) is 36.9. The number of likely N-dealkylation sites (N-methyl/N-ethyl adjacent to an activating group) is 2. The van der Waals surface area contributed by atoms with Crippen LogP contribution in [-0.2, 0) is 0 Å². The van der Waals surface area contributed by atoms with Crippen molar-refractivity contribution in [3.05, 3.63) is 79.4 Å². The largest absolute Gasteiger partial charge is 0.495 e. The van der Waals surface area contributed by atoms with Gasteiger partial charge in [-0.05, 0) is 32.3 Å². The molecule has 3 aromatic rings. The highest BCUT2D eigenvalue weighted by Gasteiger charge is 2.26. The monoisotopic (exact) mass is 675 g/mol. The first kappa shape index (κ1) is 39.7. The molecule has 0 bridgehead atoms. The zero-order valence-corrected chi connectivity index (χ0v) is 27.0. The van der Waals surface area contributed by atoms with E-state index in [1.54, 1.807) is 7.05 Å². The molecule has 0 heterocycles. The van der Waals surface area contributed by atoms with Crippen LogP contribution in [0.3, 0.4) is 0 Å². The summed E-state index contributed by atoms with van der Waals surface area (Å²) in [7, 11) is 9.49. The minimum atomic E-state index is -1.40. The maximum atomic E-state index is 12.4. The second kappa shape index (κ2) is 17.9. The molecule has 19 nitrogen and oxygen atoms in total. The summed E-state index contributed by atoms with van der Waals surface area (Å²) < 4.78 is 14.6. The van der Waals surface area contributed by atoms with E-state index in [0.29, 0.717) is 24.5 Å². The van der Waals surface area contributed by atoms with E-state index in [0.717, 1.165) is 18.2 Å². The van der Waals surface area contributed by atoms with Crippen LogP contribution in [0.5, 0.6) is 17.2 Å². The van der Waals surface area contributed by atoms with Gasteiger partial charge in [0.25, 0.3) is 17.3 Å². The Balaban J connectivity index is 0.000000376. The van der Waals surface area contributed by atoms with Crippen molar-refractivity contribution in [2.45, 2.75) is 0 Å². The number of amides is 1. The number of nitrogens with two attached hydrogens (primary N) is 3. The molecule has 1 amide bonds. The number of methoxy groups -OCH3 is 3. The third-order valence-corrected chi connectivity index (χ3v) is 6.26. The number of hydrogen-bond donors (Lipinski definition) is 5. The highest BCUT2D eigenvalue weighted by Crippen LogP contribution is 2.32. The third-order valence-electron chi connectivity index (χ3n) is 6.26. The van der Waals surface area contributed by atoms with Crippen LogP contribution in [-0.4, -0.2) is 103 Å². The van der Waals surface area contributed by atoms with E-state index in [1.165, 1.54) is 50.5 Å². The lowest BCUT2D eigenvalue weighted by Crippen LogP contribution is -2.33. The fourth-order valence-electron chi connectivity index (χ4n) is 3.67. The Labute approximate surface area is 274 Å². The first-order valence-corrected chi connectivity index (χ1v) is 13.4. The van der Waals surface area contributed by atoms with Crippen LogP contribution in [0.1, 0.15) is 31.1 Å². The summed E-state index contributed by atoms with van der Waals surface area (Å²) in [4.78, 5) is 57.1. The van der Waals surface area contributed by atoms with Crippen LogP contribution in [0.2, 0.25) is 0 Å². The molecule has 0 atom stereocenters. The van der Waals surface area contributed by atoms with Gasteiger partial charge >= 0.3 is 11.9 Å². The molecular weight excluding hydrogens is 638 g/mol. The fraction of sp³-hybridized carbons (Fsp3) is 0.276. The summed E-state index contributed by atoms with van der Waals surface area (Å²) in [5.41, 5.74) is 15.9. The van der Waals surface area contributed by atoms with Crippen LogP contribution in [0.25, 0.3) is 0 Å². The number of carbonyl (C=O) groups excluding carboxylic acids is 1. The van der Waals surface area contributed by atoms with E-state index in [1.807, 2.05) is 19.0 Å². The number of rotatable bonds is 11. The van der Waals surface area contributed by atoms with Gasteiger partial charge in [-0.25, -0.2) is 9.59 Å². The van der Waals surface area contributed by atoms with Gasteiger partial charge in [0, 0.05) is 44.4 Å². The number of carbonyl (C=O) groups is 3. The molecule has 8 N–H and O–H groups in total. The summed E-state index contributed by atoms with van der Waals surface area (Å²) >= 11 is 0. The number of carboxylic acids is 2. The molecule has 0 saturated carbocycles. The fourth-order valence-corrected chi connectivity index (χ4v) is 3.67. The molecule has 0 aliphatic rings. The normalized spacial score (nSPS) is 9.98. The highest BCUT2D eigenvalue weighted by molar-refractivity contribution is 5.99. The number of benzene rings is 3. The van der Waals surface area contributed by atoms with E-state index in [2.05, 4.69) is 0 Å². The molecule has 260 valence electrons. The molecule has 3 aromatic carbocycles. The predicted molar refractivity (Wildman–Crippen MR) is 175 cm³/mol. The summed E-state index contributed by atoms with van der Waals surface area (Å²) in [6.07, 6.45) is 0. The van der Waals surface area contributed by atoms with E-state index >= 15 is 0 Å². The number of anilines is 3. The smallest absolute Gasteiger partial charge is 0.342 e. The number of nitro benzene ring substituents is 2. The molecule has 0 aliphatic carbocycles. The van der Waals surface area contributed by atoms with Gasteiger partial charge in [0.1, 0.15) is 28.4 Å². The number of nitro groups is 2. The maximum Gasteiger partial charge on any atom is 0.342 e. The van der Waals surface area contributed by atoms with Crippen LogP contribution in [0.15, 0.2) is 42.5 Å². The predicted octanol–water partition coefficient (Wildman–Crippen LogP) is 2.68. The lowest BCUT2D eigenvalue weighted by molar-refractivity contribution is -0.385. The molecule has 0 aromatic heterocycles. The van der Waals surface area contributed by atoms with Crippen LogP contribution < -0.4 is 31.4 Å². The van der Waals surface area contributed by atoms with Gasteiger partial charge in [0.2, 0.25) is 0 Å². The Hall–Kier alpha value is -6.37. The van der Waals surface area contributed by atoms with Gasteiger partial charge in [-0.3, -0.25) is 25.0 Å². The Bertz CT molecular complexity index is 1660. The summed E-state index contributed by atoms with van der Waals surface area (Å²) in [5.74, 6) is -2.12. The van der Waals surface area contributed by atoms with Crippen molar-refractivity contribution in [3.63, 3.8) is 0 Å². The Morgan fingerprint density at radius 1 is 0.688 bits per heavy atom. The van der Waals surface area contributed by atoms with E-state index in [4.69, 9.17) is 41.6 Å². The number of nitrogens with zero attached hydrogens (tertiary/aromatic N) is 4. The number of aromatic carboxylic acids is 2. The summed E-state index contributed by atoms with van der Waals surface area (Å²) in [5, 5.41) is 38.9. The van der Waals surface area contributed by atoms with Crippen molar-refractivity contribution in [2.24, 2.45) is 0 Å². The van der Waals surface area contributed by atoms with Gasteiger partial charge in [-0.2, -0.15) is 0 Å². The Kier molecular flexibility index (Phi) is 14.8. The maximum absolute atomic E-state index is 12.4. The van der Waals surface area contributed by atoms with Crippen molar-refractivity contribution in [3.8, 4) is 17.2 Å². The number of nitrogen functional groups attached to an aromatic ring is 3. The van der Waals surface area contributed by atoms with Gasteiger partial charge < -0.3 is 51.4 Å². The SMILES string of the molecule is COc1cc(C(=O)N(C)CCN(C)C)c([N+](=O)[O-])cc1N.COc1cc(C(=O)O)c([N+](=O)[O-])cc1N.COc1cc(C(=O)O)ccc1N. The highest BCUT2D eigenvalue weighted by atomic mass is 16.6. The zero-order valence-electron chi connectivity index (χ0n) is 27.0. The second-order valence-electron chi connectivity index (χ2n) is 9.83. The van der Waals surface area contributed by atoms with E-state index < -0.39 is 38.9 Å². The van der Waals surface area contributed by atoms with Crippen molar-refractivity contribution in [1.29, 1.82) is 0 Å². The van der Waals surface area contributed by atoms with Crippen LogP contribution >= 0.6 is 0 Å². The molecule has 0 spiro atoms. The lowest BCUT2D eigenvalue weighted by atomic mass is 10.1. The lowest BCUT2D eigenvalue weighted by Gasteiger charge is -2.20. The van der Waals surface area contributed by atoms with Crippen molar-refractivity contribution in [1.82, 2.24) is 9.80 Å². The quantitative estimate of drug-likeness (QED) is 0.111. The van der Waals surface area contributed by atoms with Crippen LogP contribution in [0.4, 0.5) is 28.4 Å². The van der Waals surface area contributed by atoms with Gasteiger partial charge in [-0.1, -0.05) is 0 Å². The Morgan fingerprint density at radius 2 is 1.12 bits per heavy atom. The molecule has 0 radical (unpaired) electrons. The average molecular weight is 676 g/mol. The molecule has 0 saturated heterocycles. The van der Waals surface area contributed by atoms with Crippen molar-refractivity contribution in [2.75, 3.05) is 72.8 Å². The molecule has 0 unspecified atom stereocenters. The average Bonchev–Trinajstić information content (AvgIpc) is 3.03. The second-order valence-corrected chi connectivity index (χ2v) is 9.83. The summed E-state index contributed by atoms with van der Waals surface area (Å²) in [6.45, 7) is 1.11. The van der Waals surface area contributed by atoms with E-state index in [9.17, 15) is 34.6 Å².